The molecule has 15 heavy (non-hydrogen) atoms. The van der Waals surface area contributed by atoms with E-state index in [1.807, 2.05) is 25.3 Å². The van der Waals surface area contributed by atoms with Crippen LogP contribution in [0.2, 0.25) is 0 Å². The first-order valence-electron chi connectivity index (χ1n) is 4.91. The smallest absolute Gasteiger partial charge is 0.142 e. The quantitative estimate of drug-likeness (QED) is 0.538. The minimum absolute atomic E-state index is 0.803. The summed E-state index contributed by atoms with van der Waals surface area (Å²) in [5, 5.41) is 1.24. The Labute approximate surface area is 88.8 Å². The zero-order valence-corrected chi connectivity index (χ0v) is 8.90. The second kappa shape index (κ2) is 3.73. The average molecular weight is 199 g/mol. The van der Waals surface area contributed by atoms with Crippen molar-refractivity contribution in [2.24, 2.45) is 7.05 Å². The Bertz CT molecular complexity index is 496. The predicted molar refractivity (Wildman–Crippen MR) is 62.8 cm³/mol. The molecule has 1 aromatic carbocycles. The van der Waals surface area contributed by atoms with Crippen LogP contribution in [0, 0.1) is 6.92 Å². The molecule has 0 saturated carbocycles. The van der Waals surface area contributed by atoms with Gasteiger partial charge >= 0.3 is 0 Å². The number of hydrogen-bond donors (Lipinski definition) is 0. The van der Waals surface area contributed by atoms with E-state index in [9.17, 15) is 4.79 Å². The number of aryl methyl sites for hydroxylation is 2. The van der Waals surface area contributed by atoms with Crippen molar-refractivity contribution in [1.29, 1.82) is 0 Å². The number of benzene rings is 1. The van der Waals surface area contributed by atoms with Gasteiger partial charge in [-0.3, -0.25) is 4.79 Å². The van der Waals surface area contributed by atoms with E-state index in [1.165, 1.54) is 22.5 Å². The molecule has 0 spiro atoms. The number of para-hydroxylation sites is 1. The minimum atomic E-state index is 0.803. The van der Waals surface area contributed by atoms with Crippen LogP contribution in [0.3, 0.4) is 0 Å². The van der Waals surface area contributed by atoms with Gasteiger partial charge < -0.3 is 4.57 Å². The molecule has 76 valence electrons. The summed E-state index contributed by atoms with van der Waals surface area (Å²) in [5.74, 6) is 0. The fourth-order valence-electron chi connectivity index (χ4n) is 1.97. The Morgan fingerprint density at radius 3 is 2.67 bits per heavy atom. The zero-order valence-electron chi connectivity index (χ0n) is 8.90. The van der Waals surface area contributed by atoms with Crippen LogP contribution in [0.15, 0.2) is 30.3 Å². The maximum absolute atomic E-state index is 10.3. The molecule has 0 amide bonds. The molecule has 2 aromatic rings. The molecular weight excluding hydrogens is 186 g/mol. The number of allylic oxidation sites excluding steroid dienone is 1. The van der Waals surface area contributed by atoms with Gasteiger partial charge in [-0.15, -0.1) is 0 Å². The topological polar surface area (TPSA) is 22.0 Å². The Hall–Kier alpha value is -1.83. The van der Waals surface area contributed by atoms with Gasteiger partial charge in [0.2, 0.25) is 0 Å². The van der Waals surface area contributed by atoms with Crippen LogP contribution in [0.4, 0.5) is 0 Å². The molecule has 0 aliphatic rings. The molecule has 0 N–H and O–H groups in total. The highest BCUT2D eigenvalue weighted by atomic mass is 16.1. The van der Waals surface area contributed by atoms with Gasteiger partial charge in [0.05, 0.1) is 0 Å². The molecule has 0 aliphatic carbocycles. The standard InChI is InChI=1S/C13H13NO/c1-10-11-6-3-4-7-13(11)14(2)12(10)8-5-9-15/h3-9H,1-2H3/b8-5+. The van der Waals surface area contributed by atoms with Crippen molar-refractivity contribution in [3.05, 3.63) is 41.6 Å². The minimum Gasteiger partial charge on any atom is -0.344 e. The van der Waals surface area contributed by atoms with E-state index < -0.39 is 0 Å². The SMILES string of the molecule is Cc1c(/C=C/C=O)n(C)c2ccccc12. The number of carbonyl (C=O) groups excluding carboxylic acids is 1. The fourth-order valence-corrected chi connectivity index (χ4v) is 1.97. The number of aromatic nitrogens is 1. The van der Waals surface area contributed by atoms with Crippen molar-refractivity contribution in [2.45, 2.75) is 6.92 Å². The van der Waals surface area contributed by atoms with Crippen molar-refractivity contribution in [3.63, 3.8) is 0 Å². The number of aldehydes is 1. The summed E-state index contributed by atoms with van der Waals surface area (Å²) < 4.78 is 2.10. The van der Waals surface area contributed by atoms with E-state index in [1.54, 1.807) is 0 Å². The van der Waals surface area contributed by atoms with Gasteiger partial charge in [0.25, 0.3) is 0 Å². The van der Waals surface area contributed by atoms with Gasteiger partial charge in [0.15, 0.2) is 0 Å². The fraction of sp³-hybridized carbons (Fsp3) is 0.154. The first kappa shape index (κ1) is 9.71. The number of nitrogens with zero attached hydrogens (tertiary/aromatic N) is 1. The second-order valence-corrected chi connectivity index (χ2v) is 3.58. The summed E-state index contributed by atoms with van der Waals surface area (Å²) in [5.41, 5.74) is 3.50. The van der Waals surface area contributed by atoms with Gasteiger partial charge in [-0.05, 0) is 30.7 Å². The summed E-state index contributed by atoms with van der Waals surface area (Å²) in [6.45, 7) is 2.08. The van der Waals surface area contributed by atoms with Crippen molar-refractivity contribution < 1.29 is 4.79 Å². The number of carbonyl (C=O) groups is 1. The third-order valence-corrected chi connectivity index (χ3v) is 2.75. The van der Waals surface area contributed by atoms with E-state index in [2.05, 4.69) is 23.6 Å². The lowest BCUT2D eigenvalue weighted by Crippen LogP contribution is -1.90. The van der Waals surface area contributed by atoms with Gasteiger partial charge in [-0.2, -0.15) is 0 Å². The van der Waals surface area contributed by atoms with Crippen LogP contribution in [0.1, 0.15) is 11.3 Å². The molecule has 0 atom stereocenters. The Kier molecular flexibility index (Phi) is 2.42. The van der Waals surface area contributed by atoms with Gasteiger partial charge in [-0.1, -0.05) is 18.2 Å². The molecule has 0 fully saturated rings. The van der Waals surface area contributed by atoms with Crippen molar-refractivity contribution >= 4 is 23.3 Å². The Morgan fingerprint density at radius 1 is 1.27 bits per heavy atom. The van der Waals surface area contributed by atoms with Crippen LogP contribution in [0.5, 0.6) is 0 Å². The van der Waals surface area contributed by atoms with Crippen molar-refractivity contribution in [1.82, 2.24) is 4.57 Å². The summed E-state index contributed by atoms with van der Waals surface area (Å²) in [6, 6.07) is 8.24. The maximum atomic E-state index is 10.3. The highest BCUT2D eigenvalue weighted by Crippen LogP contribution is 2.24. The van der Waals surface area contributed by atoms with Crippen molar-refractivity contribution in [3.8, 4) is 0 Å². The molecular formula is C13H13NO. The van der Waals surface area contributed by atoms with Crippen LogP contribution in [-0.4, -0.2) is 10.9 Å². The molecule has 0 radical (unpaired) electrons. The first-order valence-corrected chi connectivity index (χ1v) is 4.91. The Morgan fingerprint density at radius 2 is 2.00 bits per heavy atom. The van der Waals surface area contributed by atoms with Crippen LogP contribution in [0.25, 0.3) is 17.0 Å². The summed E-state index contributed by atoms with van der Waals surface area (Å²) in [4.78, 5) is 10.3. The third-order valence-electron chi connectivity index (χ3n) is 2.75. The van der Waals surface area contributed by atoms with E-state index in [4.69, 9.17) is 0 Å². The molecule has 2 heteroatoms. The molecule has 0 saturated heterocycles. The predicted octanol–water partition coefficient (Wildman–Crippen LogP) is 2.70. The number of fused-ring (bicyclic) bond motifs is 1. The van der Waals surface area contributed by atoms with Crippen LogP contribution in [-0.2, 0) is 11.8 Å². The summed E-state index contributed by atoms with van der Waals surface area (Å²) in [7, 11) is 2.01. The molecule has 0 unspecified atom stereocenters. The molecule has 2 nitrogen and oxygen atoms in total. The third kappa shape index (κ3) is 1.48. The monoisotopic (exact) mass is 199 g/mol. The first-order chi connectivity index (χ1) is 7.25. The van der Waals surface area contributed by atoms with Gasteiger partial charge in [-0.25, -0.2) is 0 Å². The zero-order chi connectivity index (χ0) is 10.8. The summed E-state index contributed by atoms with van der Waals surface area (Å²) in [6.07, 6.45) is 4.18. The summed E-state index contributed by atoms with van der Waals surface area (Å²) >= 11 is 0. The highest BCUT2D eigenvalue weighted by Gasteiger charge is 2.07. The lowest BCUT2D eigenvalue weighted by Gasteiger charge is -1.98. The van der Waals surface area contributed by atoms with Gasteiger partial charge in [0.1, 0.15) is 6.29 Å². The van der Waals surface area contributed by atoms with E-state index in [0.717, 1.165) is 12.0 Å². The molecule has 0 bridgehead atoms. The molecule has 0 aliphatic heterocycles. The second-order valence-electron chi connectivity index (χ2n) is 3.58. The van der Waals surface area contributed by atoms with Crippen LogP contribution >= 0.6 is 0 Å². The van der Waals surface area contributed by atoms with Crippen molar-refractivity contribution in [2.75, 3.05) is 0 Å². The lowest BCUT2D eigenvalue weighted by atomic mass is 10.1. The van der Waals surface area contributed by atoms with E-state index in [0.29, 0.717) is 0 Å². The largest absolute Gasteiger partial charge is 0.344 e. The molecule has 2 rings (SSSR count). The van der Waals surface area contributed by atoms with E-state index >= 15 is 0 Å². The lowest BCUT2D eigenvalue weighted by molar-refractivity contribution is -0.104. The van der Waals surface area contributed by atoms with Gasteiger partial charge in [0, 0.05) is 23.6 Å². The Balaban J connectivity index is 2.74. The molecule has 1 heterocycles. The number of hydrogen-bond acceptors (Lipinski definition) is 1. The van der Waals surface area contributed by atoms with Crippen LogP contribution < -0.4 is 0 Å². The average Bonchev–Trinajstić information content (AvgIpc) is 2.51. The molecule has 1 aromatic heterocycles. The number of rotatable bonds is 2. The van der Waals surface area contributed by atoms with E-state index in [-0.39, 0.29) is 0 Å². The normalized spacial score (nSPS) is 11.3. The highest BCUT2D eigenvalue weighted by molar-refractivity contribution is 5.89. The maximum Gasteiger partial charge on any atom is 0.142 e.